The number of anilines is 2. The van der Waals surface area contributed by atoms with E-state index in [1.807, 2.05) is 36.3 Å². The minimum atomic E-state index is 0.208. The molecule has 8 heteroatoms. The molecule has 0 atom stereocenters. The Balaban J connectivity index is 2.22. The van der Waals surface area contributed by atoms with Crippen LogP contribution in [0.25, 0.3) is 0 Å². The Morgan fingerprint density at radius 1 is 1.14 bits per heavy atom. The van der Waals surface area contributed by atoms with Crippen molar-refractivity contribution in [1.82, 2.24) is 24.7 Å². The molecule has 2 aromatic heterocycles. The van der Waals surface area contributed by atoms with E-state index in [1.54, 1.807) is 4.68 Å². The van der Waals surface area contributed by atoms with Gasteiger partial charge in [-0.05, 0) is 25.4 Å². The van der Waals surface area contributed by atoms with Gasteiger partial charge in [0.25, 0.3) is 0 Å². The van der Waals surface area contributed by atoms with Crippen molar-refractivity contribution < 1.29 is 0 Å². The molecule has 0 N–H and O–H groups in total. The van der Waals surface area contributed by atoms with Gasteiger partial charge in [-0.25, -0.2) is 0 Å². The predicted octanol–water partition coefficient (Wildman–Crippen LogP) is 1.74. The van der Waals surface area contributed by atoms with Gasteiger partial charge in [0.2, 0.25) is 17.2 Å². The average Bonchev–Trinajstić information content (AvgIpc) is 2.85. The summed E-state index contributed by atoms with van der Waals surface area (Å²) < 4.78 is 1.77. The number of hydrogen-bond acceptors (Lipinski definition) is 6. The number of aromatic nitrogens is 5. The minimum absolute atomic E-state index is 0.208. The third-order valence-corrected chi connectivity index (χ3v) is 3.32. The molecule has 0 unspecified atom stereocenters. The van der Waals surface area contributed by atoms with Gasteiger partial charge in [-0.3, -0.25) is 4.68 Å². The largest absolute Gasteiger partial charge is 0.341 e. The lowest BCUT2D eigenvalue weighted by molar-refractivity contribution is 0.765. The summed E-state index contributed by atoms with van der Waals surface area (Å²) in [7, 11) is 3.81. The van der Waals surface area contributed by atoms with Crippen molar-refractivity contribution in [1.29, 1.82) is 0 Å². The Hall–Kier alpha value is -1.89. The van der Waals surface area contributed by atoms with Crippen LogP contribution in [0.1, 0.15) is 19.4 Å². The molecule has 0 aromatic carbocycles. The summed E-state index contributed by atoms with van der Waals surface area (Å²) in [5.74, 6) is 1.16. The number of aryl methyl sites for hydroxylation is 1. The van der Waals surface area contributed by atoms with Crippen LogP contribution < -0.4 is 9.80 Å². The first-order valence-electron chi connectivity index (χ1n) is 6.88. The molecule has 2 aromatic rings. The zero-order valence-corrected chi connectivity index (χ0v) is 13.5. The second kappa shape index (κ2) is 6.71. The van der Waals surface area contributed by atoms with Gasteiger partial charge in [0.1, 0.15) is 0 Å². The van der Waals surface area contributed by atoms with E-state index in [2.05, 4.69) is 33.9 Å². The van der Waals surface area contributed by atoms with E-state index in [0.29, 0.717) is 18.4 Å². The molecule has 21 heavy (non-hydrogen) atoms. The van der Waals surface area contributed by atoms with Crippen molar-refractivity contribution in [2.45, 2.75) is 20.4 Å². The first kappa shape index (κ1) is 15.5. The topological polar surface area (TPSA) is 63.0 Å². The summed E-state index contributed by atoms with van der Waals surface area (Å²) in [5, 5.41) is 4.36. The van der Waals surface area contributed by atoms with Crippen molar-refractivity contribution in [3.8, 4) is 0 Å². The van der Waals surface area contributed by atoms with Crippen molar-refractivity contribution in [3.05, 3.63) is 23.2 Å². The highest BCUT2D eigenvalue weighted by atomic mass is 35.5. The Bertz CT molecular complexity index is 594. The molecule has 0 radical (unpaired) electrons. The SMILES string of the molecule is CCN(CC)c1nc(Cl)nc(N(C)Cc2cnn(C)c2)n1. The molecule has 0 amide bonds. The normalized spacial score (nSPS) is 10.7. The van der Waals surface area contributed by atoms with Crippen LogP contribution in [0.3, 0.4) is 0 Å². The van der Waals surface area contributed by atoms with E-state index >= 15 is 0 Å². The Kier molecular flexibility index (Phi) is 4.95. The van der Waals surface area contributed by atoms with Gasteiger partial charge in [-0.2, -0.15) is 20.1 Å². The Morgan fingerprint density at radius 2 is 1.81 bits per heavy atom. The molecule has 0 fully saturated rings. The molecule has 0 aliphatic heterocycles. The molecular formula is C13H20ClN7. The van der Waals surface area contributed by atoms with E-state index in [4.69, 9.17) is 11.6 Å². The number of halogens is 1. The van der Waals surface area contributed by atoms with E-state index < -0.39 is 0 Å². The van der Waals surface area contributed by atoms with Gasteiger partial charge in [-0.15, -0.1) is 0 Å². The first-order valence-corrected chi connectivity index (χ1v) is 7.26. The minimum Gasteiger partial charge on any atom is -0.341 e. The number of hydrogen-bond donors (Lipinski definition) is 0. The van der Waals surface area contributed by atoms with Crippen LogP contribution in [-0.2, 0) is 13.6 Å². The van der Waals surface area contributed by atoms with Gasteiger partial charge in [-0.1, -0.05) is 0 Å². The molecule has 114 valence electrons. The standard InChI is InChI=1S/C13H20ClN7/c1-5-21(6-2)13-17-11(14)16-12(18-13)19(3)8-10-7-15-20(4)9-10/h7,9H,5-6,8H2,1-4H3. The quantitative estimate of drug-likeness (QED) is 0.810. The lowest BCUT2D eigenvalue weighted by atomic mass is 10.3. The summed E-state index contributed by atoms with van der Waals surface area (Å²) in [5.41, 5.74) is 1.08. The zero-order valence-electron chi connectivity index (χ0n) is 12.8. The van der Waals surface area contributed by atoms with Gasteiger partial charge in [0, 0.05) is 45.5 Å². The molecule has 2 rings (SSSR count). The Morgan fingerprint density at radius 3 is 2.38 bits per heavy atom. The average molecular weight is 310 g/mol. The summed E-state index contributed by atoms with van der Waals surface area (Å²) in [6.45, 7) is 6.41. The molecule has 0 aliphatic carbocycles. The van der Waals surface area contributed by atoms with E-state index in [9.17, 15) is 0 Å². The van der Waals surface area contributed by atoms with E-state index in [0.717, 1.165) is 18.7 Å². The van der Waals surface area contributed by atoms with Crippen LogP contribution in [-0.4, -0.2) is 44.9 Å². The van der Waals surface area contributed by atoms with Crippen molar-refractivity contribution in [3.63, 3.8) is 0 Å². The molecule has 0 saturated heterocycles. The molecule has 0 spiro atoms. The van der Waals surface area contributed by atoms with Crippen molar-refractivity contribution in [2.24, 2.45) is 7.05 Å². The number of rotatable bonds is 6. The van der Waals surface area contributed by atoms with Crippen LogP contribution in [0, 0.1) is 0 Å². The van der Waals surface area contributed by atoms with Crippen molar-refractivity contribution >= 4 is 23.5 Å². The molecule has 0 bridgehead atoms. The highest BCUT2D eigenvalue weighted by Crippen LogP contribution is 2.17. The maximum atomic E-state index is 6.03. The van der Waals surface area contributed by atoms with E-state index in [1.165, 1.54) is 0 Å². The maximum Gasteiger partial charge on any atom is 0.231 e. The second-order valence-electron chi connectivity index (χ2n) is 4.76. The predicted molar refractivity (Wildman–Crippen MR) is 83.7 cm³/mol. The van der Waals surface area contributed by atoms with E-state index in [-0.39, 0.29) is 5.28 Å². The zero-order chi connectivity index (χ0) is 15.4. The van der Waals surface area contributed by atoms with Crippen LogP contribution in [0.15, 0.2) is 12.4 Å². The lowest BCUT2D eigenvalue weighted by Gasteiger charge is -2.21. The van der Waals surface area contributed by atoms with Gasteiger partial charge >= 0.3 is 0 Å². The smallest absolute Gasteiger partial charge is 0.231 e. The lowest BCUT2D eigenvalue weighted by Crippen LogP contribution is -2.26. The molecule has 7 nitrogen and oxygen atoms in total. The summed E-state index contributed by atoms with van der Waals surface area (Å²) >= 11 is 6.03. The monoisotopic (exact) mass is 309 g/mol. The van der Waals surface area contributed by atoms with Gasteiger partial charge in [0.05, 0.1) is 6.20 Å². The molecule has 0 saturated carbocycles. The number of nitrogens with zero attached hydrogens (tertiary/aromatic N) is 7. The molecule has 2 heterocycles. The molecule has 0 aliphatic rings. The van der Waals surface area contributed by atoms with Crippen LogP contribution in [0.2, 0.25) is 5.28 Å². The Labute approximate surface area is 129 Å². The summed E-state index contributed by atoms with van der Waals surface area (Å²) in [6, 6.07) is 0. The third kappa shape index (κ3) is 3.81. The van der Waals surface area contributed by atoms with Crippen LogP contribution >= 0.6 is 11.6 Å². The fourth-order valence-corrected chi connectivity index (χ4v) is 2.20. The first-order chi connectivity index (χ1) is 10.0. The van der Waals surface area contributed by atoms with Crippen molar-refractivity contribution in [2.75, 3.05) is 29.9 Å². The highest BCUT2D eigenvalue weighted by Gasteiger charge is 2.13. The summed E-state index contributed by atoms with van der Waals surface area (Å²) in [6.07, 6.45) is 3.79. The highest BCUT2D eigenvalue weighted by molar-refractivity contribution is 6.28. The molecular weight excluding hydrogens is 290 g/mol. The van der Waals surface area contributed by atoms with Crippen LogP contribution in [0.4, 0.5) is 11.9 Å². The van der Waals surface area contributed by atoms with Gasteiger partial charge < -0.3 is 9.80 Å². The maximum absolute atomic E-state index is 6.03. The van der Waals surface area contributed by atoms with Gasteiger partial charge in [0.15, 0.2) is 0 Å². The summed E-state index contributed by atoms with van der Waals surface area (Å²) in [4.78, 5) is 16.9. The third-order valence-electron chi connectivity index (χ3n) is 3.15. The fraction of sp³-hybridized carbons (Fsp3) is 0.538. The second-order valence-corrected chi connectivity index (χ2v) is 5.09. The fourth-order valence-electron chi connectivity index (χ4n) is 2.05. The van der Waals surface area contributed by atoms with Crippen LogP contribution in [0.5, 0.6) is 0 Å².